The predicted molar refractivity (Wildman–Crippen MR) is 51.1 cm³/mol. The van der Waals surface area contributed by atoms with Crippen molar-refractivity contribution in [3.8, 4) is 0 Å². The minimum atomic E-state index is 1.14. The second-order valence-electron chi connectivity index (χ2n) is 3.34. The average Bonchev–Trinajstić information content (AvgIpc) is 2.45. The topological polar surface area (TPSA) is 17.8 Å². The zero-order valence-electron chi connectivity index (χ0n) is 8.08. The van der Waals surface area contributed by atoms with Crippen molar-refractivity contribution in [3.05, 3.63) is 18.2 Å². The van der Waals surface area contributed by atoms with Crippen LogP contribution in [0.25, 0.3) is 0 Å². The third-order valence-corrected chi connectivity index (χ3v) is 2.04. The van der Waals surface area contributed by atoms with Crippen LogP contribution in [-0.4, -0.2) is 9.55 Å². The summed E-state index contributed by atoms with van der Waals surface area (Å²) in [5, 5.41) is 0. The van der Waals surface area contributed by atoms with Crippen molar-refractivity contribution in [3.63, 3.8) is 0 Å². The minimum Gasteiger partial charge on any atom is -0.340 e. The van der Waals surface area contributed by atoms with Gasteiger partial charge in [-0.05, 0) is 12.8 Å². The summed E-state index contributed by atoms with van der Waals surface area (Å²) in [7, 11) is 2.02. The molecule has 0 amide bonds. The van der Waals surface area contributed by atoms with Gasteiger partial charge in [0.2, 0.25) is 0 Å². The molecule has 1 heterocycles. The fraction of sp³-hybridized carbons (Fsp3) is 0.700. The highest BCUT2D eigenvalue weighted by Crippen LogP contribution is 2.04. The number of nitrogens with zero attached hydrogens (tertiary/aromatic N) is 2. The number of hydrogen-bond donors (Lipinski definition) is 0. The first-order valence-corrected chi connectivity index (χ1v) is 4.79. The summed E-state index contributed by atoms with van der Waals surface area (Å²) in [5.74, 6) is 0. The molecule has 0 unspecified atom stereocenters. The molecule has 0 fully saturated rings. The van der Waals surface area contributed by atoms with E-state index in [1.54, 1.807) is 0 Å². The minimum absolute atomic E-state index is 1.14. The molecule has 0 bridgehead atoms. The lowest BCUT2D eigenvalue weighted by molar-refractivity contribution is 0.661. The number of hydrogen-bond acceptors (Lipinski definition) is 1. The first-order chi connectivity index (χ1) is 5.83. The van der Waals surface area contributed by atoms with E-state index >= 15 is 0 Å². The molecule has 0 aliphatic rings. The second-order valence-corrected chi connectivity index (χ2v) is 3.34. The Bertz CT molecular complexity index is 215. The predicted octanol–water partition coefficient (Wildman–Crippen LogP) is 2.54. The average molecular weight is 166 g/mol. The molecule has 0 saturated carbocycles. The van der Waals surface area contributed by atoms with Crippen LogP contribution >= 0.6 is 0 Å². The van der Waals surface area contributed by atoms with Gasteiger partial charge in [-0.1, -0.05) is 26.2 Å². The van der Waals surface area contributed by atoms with Crippen LogP contribution < -0.4 is 0 Å². The fourth-order valence-electron chi connectivity index (χ4n) is 1.33. The Balaban J connectivity index is 2.15. The van der Waals surface area contributed by atoms with Crippen molar-refractivity contribution < 1.29 is 0 Å². The molecule has 2 heteroatoms. The maximum Gasteiger partial charge on any atom is 0.0946 e. The lowest BCUT2D eigenvalue weighted by Crippen LogP contribution is -1.85. The number of aryl methyl sites for hydroxylation is 2. The Morgan fingerprint density at radius 1 is 1.33 bits per heavy atom. The molecule has 1 rings (SSSR count). The van der Waals surface area contributed by atoms with Crippen molar-refractivity contribution in [2.75, 3.05) is 0 Å². The van der Waals surface area contributed by atoms with Gasteiger partial charge in [-0.15, -0.1) is 0 Å². The molecule has 2 nitrogen and oxygen atoms in total. The smallest absolute Gasteiger partial charge is 0.0946 e. The molecule has 0 atom stereocenters. The second kappa shape index (κ2) is 4.96. The zero-order chi connectivity index (χ0) is 8.81. The fourth-order valence-corrected chi connectivity index (χ4v) is 1.33. The Morgan fingerprint density at radius 3 is 2.75 bits per heavy atom. The highest BCUT2D eigenvalue weighted by atomic mass is 15.0. The van der Waals surface area contributed by atoms with E-state index in [1.807, 2.05) is 17.9 Å². The van der Waals surface area contributed by atoms with Crippen molar-refractivity contribution in [2.45, 2.75) is 39.0 Å². The van der Waals surface area contributed by atoms with Gasteiger partial charge in [0.1, 0.15) is 0 Å². The molecule has 12 heavy (non-hydrogen) atoms. The molecular formula is C10H18N2. The van der Waals surface area contributed by atoms with Crippen molar-refractivity contribution in [1.29, 1.82) is 0 Å². The van der Waals surface area contributed by atoms with Gasteiger partial charge < -0.3 is 4.57 Å². The van der Waals surface area contributed by atoms with Crippen LogP contribution in [0.15, 0.2) is 12.5 Å². The first kappa shape index (κ1) is 9.30. The standard InChI is InChI=1S/C10H18N2/c1-3-4-5-6-7-10-8-12(2)9-11-10/h8-9H,3-7H2,1-2H3. The summed E-state index contributed by atoms with van der Waals surface area (Å²) in [4.78, 5) is 4.28. The molecule has 1 aromatic rings. The van der Waals surface area contributed by atoms with E-state index in [0.29, 0.717) is 0 Å². The van der Waals surface area contributed by atoms with Crippen LogP contribution in [0, 0.1) is 0 Å². The number of unbranched alkanes of at least 4 members (excludes halogenated alkanes) is 3. The van der Waals surface area contributed by atoms with Crippen molar-refractivity contribution in [2.24, 2.45) is 7.05 Å². The Hall–Kier alpha value is -0.790. The molecule has 0 N–H and O–H groups in total. The lowest BCUT2D eigenvalue weighted by Gasteiger charge is -1.95. The van der Waals surface area contributed by atoms with Gasteiger partial charge in [0.15, 0.2) is 0 Å². The van der Waals surface area contributed by atoms with Gasteiger partial charge in [0, 0.05) is 13.2 Å². The molecule has 1 aromatic heterocycles. The lowest BCUT2D eigenvalue weighted by atomic mass is 10.1. The molecule has 0 saturated heterocycles. The third kappa shape index (κ3) is 3.07. The SMILES string of the molecule is CCCCCCc1cn(C)cn1. The molecular weight excluding hydrogens is 148 g/mol. The van der Waals surface area contributed by atoms with Crippen LogP contribution in [0.1, 0.15) is 38.3 Å². The van der Waals surface area contributed by atoms with Crippen molar-refractivity contribution in [1.82, 2.24) is 9.55 Å². The maximum absolute atomic E-state index is 4.28. The quantitative estimate of drug-likeness (QED) is 0.615. The molecule has 0 aromatic carbocycles. The first-order valence-electron chi connectivity index (χ1n) is 4.79. The van der Waals surface area contributed by atoms with Gasteiger partial charge in [0.25, 0.3) is 0 Å². The summed E-state index contributed by atoms with van der Waals surface area (Å²) in [6.45, 7) is 2.24. The Morgan fingerprint density at radius 2 is 2.17 bits per heavy atom. The van der Waals surface area contributed by atoms with E-state index in [0.717, 1.165) is 6.42 Å². The van der Waals surface area contributed by atoms with E-state index < -0.39 is 0 Å². The van der Waals surface area contributed by atoms with Crippen LogP contribution in [0.4, 0.5) is 0 Å². The monoisotopic (exact) mass is 166 g/mol. The van der Waals surface area contributed by atoms with E-state index in [2.05, 4.69) is 18.1 Å². The van der Waals surface area contributed by atoms with Gasteiger partial charge in [0.05, 0.1) is 12.0 Å². The van der Waals surface area contributed by atoms with E-state index in [9.17, 15) is 0 Å². The number of aromatic nitrogens is 2. The van der Waals surface area contributed by atoms with E-state index in [4.69, 9.17) is 0 Å². The normalized spacial score (nSPS) is 10.5. The summed E-state index contributed by atoms with van der Waals surface area (Å²) >= 11 is 0. The van der Waals surface area contributed by atoms with Crippen molar-refractivity contribution >= 4 is 0 Å². The number of rotatable bonds is 5. The van der Waals surface area contributed by atoms with Gasteiger partial charge in [-0.2, -0.15) is 0 Å². The van der Waals surface area contributed by atoms with Gasteiger partial charge in [-0.3, -0.25) is 0 Å². The van der Waals surface area contributed by atoms with E-state index in [-0.39, 0.29) is 0 Å². The van der Waals surface area contributed by atoms with E-state index in [1.165, 1.54) is 31.4 Å². The molecule has 0 aliphatic carbocycles. The highest BCUT2D eigenvalue weighted by Gasteiger charge is 1.95. The van der Waals surface area contributed by atoms with Crippen LogP contribution in [0.5, 0.6) is 0 Å². The van der Waals surface area contributed by atoms with Crippen LogP contribution in [0.3, 0.4) is 0 Å². The molecule has 0 radical (unpaired) electrons. The van der Waals surface area contributed by atoms with Crippen LogP contribution in [0.2, 0.25) is 0 Å². The van der Waals surface area contributed by atoms with Gasteiger partial charge >= 0.3 is 0 Å². The van der Waals surface area contributed by atoms with Gasteiger partial charge in [-0.25, -0.2) is 4.98 Å². The summed E-state index contributed by atoms with van der Waals surface area (Å²) in [5.41, 5.74) is 1.23. The third-order valence-electron chi connectivity index (χ3n) is 2.04. The number of imidazole rings is 1. The maximum atomic E-state index is 4.28. The summed E-state index contributed by atoms with van der Waals surface area (Å²) < 4.78 is 2.01. The molecule has 0 aliphatic heterocycles. The van der Waals surface area contributed by atoms with Crippen LogP contribution in [-0.2, 0) is 13.5 Å². The highest BCUT2D eigenvalue weighted by molar-refractivity contribution is 4.95. The molecule has 0 spiro atoms. The summed E-state index contributed by atoms with van der Waals surface area (Å²) in [6, 6.07) is 0. The Kier molecular flexibility index (Phi) is 3.85. The Labute approximate surface area is 74.6 Å². The largest absolute Gasteiger partial charge is 0.340 e. The summed E-state index contributed by atoms with van der Waals surface area (Å²) in [6.07, 6.45) is 10.4. The molecule has 68 valence electrons. The zero-order valence-corrected chi connectivity index (χ0v) is 8.08.